The minimum atomic E-state index is -5.49. The molecule has 3 aromatic carbocycles. The summed E-state index contributed by atoms with van der Waals surface area (Å²) in [6.45, 7) is 1.90. The van der Waals surface area contributed by atoms with Crippen molar-refractivity contribution in [1.82, 2.24) is 0 Å². The second-order valence-corrected chi connectivity index (χ2v) is 7.25. The molecule has 3 rings (SSSR count). The molecule has 0 saturated heterocycles. The maximum absolute atomic E-state index is 15.0. The topological polar surface area (TPSA) is 38.4 Å². The van der Waals surface area contributed by atoms with Crippen LogP contribution in [-0.2, 0) is 17.6 Å². The average molecular weight is 509 g/mol. The first-order chi connectivity index (χ1) is 16.2. The Morgan fingerprint density at radius 3 is 1.89 bits per heavy atom. The molecule has 0 unspecified atom stereocenters. The number of benzene rings is 3. The molecule has 0 spiro atoms. The third-order valence-electron chi connectivity index (χ3n) is 4.69. The molecule has 0 bridgehead atoms. The van der Waals surface area contributed by atoms with E-state index in [1.54, 1.807) is 0 Å². The van der Waals surface area contributed by atoms with Gasteiger partial charge in [-0.25, -0.2) is 17.6 Å². The van der Waals surface area contributed by atoms with Crippen molar-refractivity contribution in [3.8, 4) is 28.4 Å². The molecule has 12 heteroatoms. The van der Waals surface area contributed by atoms with Crippen LogP contribution in [0.1, 0.15) is 24.5 Å². The van der Waals surface area contributed by atoms with Crippen molar-refractivity contribution >= 4 is 0 Å². The summed E-state index contributed by atoms with van der Waals surface area (Å²) >= 11 is 0. The predicted octanol–water partition coefficient (Wildman–Crippen LogP) is 8.03. The van der Waals surface area contributed by atoms with Gasteiger partial charge in [0.2, 0.25) is 5.75 Å². The van der Waals surface area contributed by atoms with Crippen molar-refractivity contribution in [3.05, 3.63) is 76.9 Å². The molecule has 1 radical (unpaired) electrons. The highest BCUT2D eigenvalue weighted by atomic mass is 19.4. The lowest BCUT2D eigenvalue weighted by atomic mass is 9.98. The minimum absolute atomic E-state index is 0.0897. The van der Waals surface area contributed by atoms with Crippen molar-refractivity contribution < 1.29 is 54.1 Å². The van der Waals surface area contributed by atoms with Crippen molar-refractivity contribution in [3.63, 3.8) is 0 Å². The van der Waals surface area contributed by atoms with Crippen molar-refractivity contribution in [1.29, 1.82) is 0 Å². The summed E-state index contributed by atoms with van der Waals surface area (Å²) in [6.07, 6.45) is -9.02. The Hall–Kier alpha value is -3.57. The smallest absolute Gasteiger partial charge is 0.429 e. The quantitative estimate of drug-likeness (QED) is 0.303. The first kappa shape index (κ1) is 26.0. The summed E-state index contributed by atoms with van der Waals surface area (Å²) in [4.78, 5) is 0. The van der Waals surface area contributed by atoms with Gasteiger partial charge in [0, 0.05) is 18.2 Å². The summed E-state index contributed by atoms with van der Waals surface area (Å²) in [7, 11) is 0. The van der Waals surface area contributed by atoms with Gasteiger partial charge in [0.1, 0.15) is 17.1 Å². The van der Waals surface area contributed by atoms with Gasteiger partial charge in [-0.15, -0.1) is 13.2 Å². The maximum atomic E-state index is 15.0. The number of hydrogen-bond acceptors (Lipinski definition) is 2. The van der Waals surface area contributed by atoms with Crippen molar-refractivity contribution in [2.45, 2.75) is 32.2 Å². The number of alkyl halides is 5. The van der Waals surface area contributed by atoms with E-state index in [-0.39, 0.29) is 23.8 Å². The lowest BCUT2D eigenvalue weighted by molar-refractivity contribution is -0.276. The molecular formula is C23H14F9O3. The molecule has 187 valence electrons. The van der Waals surface area contributed by atoms with E-state index >= 15 is 4.39 Å². The van der Waals surface area contributed by atoms with Gasteiger partial charge >= 0.3 is 12.5 Å². The fraction of sp³-hybridized carbons (Fsp3) is 0.217. The Bertz CT molecular complexity index is 1200. The summed E-state index contributed by atoms with van der Waals surface area (Å²) in [5, 5.41) is 12.2. The normalized spacial score (nSPS) is 12.1. The Morgan fingerprint density at radius 1 is 0.800 bits per heavy atom. The number of hydrogen-bond donors (Lipinski definition) is 0. The van der Waals surface area contributed by atoms with Crippen LogP contribution in [0.3, 0.4) is 0 Å². The zero-order chi connectivity index (χ0) is 26.1. The minimum Gasteiger partial charge on any atom is -0.429 e. The van der Waals surface area contributed by atoms with E-state index in [0.717, 1.165) is 12.0 Å². The van der Waals surface area contributed by atoms with E-state index in [1.807, 2.05) is 6.92 Å². The Balaban J connectivity index is 2.02. The van der Waals surface area contributed by atoms with E-state index in [0.29, 0.717) is 6.42 Å². The molecule has 0 fully saturated rings. The molecule has 0 heterocycles. The SMILES string of the molecule is CCCc1ccc(-c2c([O])cc(F)c(C(F)(F)Oc3cc(F)c(OC(F)(F)F)c(F)c3)c2F)cc1. The van der Waals surface area contributed by atoms with Gasteiger partial charge in [-0.1, -0.05) is 37.6 Å². The van der Waals surface area contributed by atoms with Crippen LogP contribution < -0.4 is 9.47 Å². The molecule has 0 aromatic heterocycles. The van der Waals surface area contributed by atoms with Crippen molar-refractivity contribution in [2.24, 2.45) is 0 Å². The van der Waals surface area contributed by atoms with Gasteiger partial charge in [-0.2, -0.15) is 8.78 Å². The van der Waals surface area contributed by atoms with Crippen LogP contribution in [0, 0.1) is 23.3 Å². The standard InChI is InChI=1S/C23H14F9O3/c1-2-3-11-4-6-12(7-5-11)18-17(33)10-14(24)19(20(18)27)22(28,29)34-13-8-15(25)21(16(26)9-13)35-23(30,31)32/h4-10H,2-3H2,1H3. The van der Waals surface area contributed by atoms with E-state index in [9.17, 15) is 40.2 Å². The summed E-state index contributed by atoms with van der Waals surface area (Å²) in [5.74, 6) is -12.8. The van der Waals surface area contributed by atoms with Crippen LogP contribution in [0.15, 0.2) is 42.5 Å². The first-order valence-corrected chi connectivity index (χ1v) is 9.84. The van der Waals surface area contributed by atoms with Gasteiger partial charge in [-0.05, 0) is 17.5 Å². The highest BCUT2D eigenvalue weighted by Gasteiger charge is 2.43. The third-order valence-corrected chi connectivity index (χ3v) is 4.69. The first-order valence-electron chi connectivity index (χ1n) is 9.84. The molecule has 0 atom stereocenters. The summed E-state index contributed by atoms with van der Waals surface area (Å²) in [5.41, 5.74) is -2.28. The molecular weight excluding hydrogens is 495 g/mol. The van der Waals surface area contributed by atoms with E-state index < -0.39 is 64.1 Å². The Morgan fingerprint density at radius 2 is 1.37 bits per heavy atom. The lowest BCUT2D eigenvalue weighted by Crippen LogP contribution is -2.26. The van der Waals surface area contributed by atoms with Gasteiger partial charge in [0.25, 0.3) is 0 Å². The van der Waals surface area contributed by atoms with Crippen molar-refractivity contribution in [2.75, 3.05) is 0 Å². The number of rotatable bonds is 7. The predicted molar refractivity (Wildman–Crippen MR) is 103 cm³/mol. The molecule has 3 aromatic rings. The summed E-state index contributed by atoms with van der Waals surface area (Å²) < 4.78 is 130. The molecule has 35 heavy (non-hydrogen) atoms. The maximum Gasteiger partial charge on any atom is 0.573 e. The van der Waals surface area contributed by atoms with Crippen LogP contribution in [0.2, 0.25) is 0 Å². The third kappa shape index (κ3) is 5.75. The monoisotopic (exact) mass is 509 g/mol. The average Bonchev–Trinajstić information content (AvgIpc) is 2.70. The molecule has 0 aliphatic heterocycles. The molecule has 3 nitrogen and oxygen atoms in total. The number of ether oxygens (including phenoxy) is 2. The van der Waals surface area contributed by atoms with Crippen LogP contribution in [0.4, 0.5) is 39.5 Å². The zero-order valence-electron chi connectivity index (χ0n) is 17.6. The largest absolute Gasteiger partial charge is 0.573 e. The van der Waals surface area contributed by atoms with E-state index in [2.05, 4.69) is 9.47 Å². The van der Waals surface area contributed by atoms with Crippen LogP contribution >= 0.6 is 0 Å². The molecule has 0 amide bonds. The Kier molecular flexibility index (Phi) is 7.13. The Labute approximate surface area is 192 Å². The molecule has 0 aliphatic rings. The van der Waals surface area contributed by atoms with Crippen LogP contribution in [0.25, 0.3) is 11.1 Å². The zero-order valence-corrected chi connectivity index (χ0v) is 17.6. The molecule has 0 aliphatic carbocycles. The summed E-state index contributed by atoms with van der Waals surface area (Å²) in [6, 6.07) is 5.49. The molecule has 0 N–H and O–H groups in total. The highest BCUT2D eigenvalue weighted by Crippen LogP contribution is 2.43. The van der Waals surface area contributed by atoms with Gasteiger partial charge in [0.15, 0.2) is 23.2 Å². The van der Waals surface area contributed by atoms with Crippen LogP contribution in [0.5, 0.6) is 17.2 Å². The number of aryl methyl sites for hydroxylation is 1. The van der Waals surface area contributed by atoms with Gasteiger partial charge in [0.05, 0.1) is 5.56 Å². The van der Waals surface area contributed by atoms with Gasteiger partial charge < -0.3 is 9.47 Å². The van der Waals surface area contributed by atoms with Gasteiger partial charge in [-0.3, -0.25) is 5.11 Å². The fourth-order valence-corrected chi connectivity index (χ4v) is 3.27. The second-order valence-electron chi connectivity index (χ2n) is 7.25. The lowest BCUT2D eigenvalue weighted by Gasteiger charge is -2.21. The van der Waals surface area contributed by atoms with E-state index in [4.69, 9.17) is 0 Å². The number of halogens is 9. The fourth-order valence-electron chi connectivity index (χ4n) is 3.27. The highest BCUT2D eigenvalue weighted by molar-refractivity contribution is 5.72. The van der Waals surface area contributed by atoms with E-state index in [1.165, 1.54) is 24.3 Å². The second kappa shape index (κ2) is 9.59. The molecule has 0 saturated carbocycles. The van der Waals surface area contributed by atoms with Crippen LogP contribution in [-0.4, -0.2) is 6.36 Å².